The van der Waals surface area contributed by atoms with E-state index in [4.69, 9.17) is 4.42 Å². The third-order valence-corrected chi connectivity index (χ3v) is 12.3. The molecule has 0 fully saturated rings. The number of furan rings is 1. The highest BCUT2D eigenvalue weighted by Gasteiger charge is 2.47. The molecule has 2 aromatic heterocycles. The lowest BCUT2D eigenvalue weighted by Gasteiger charge is -2.34. The van der Waals surface area contributed by atoms with Gasteiger partial charge in [0.05, 0.1) is 22.1 Å². The van der Waals surface area contributed by atoms with Crippen molar-refractivity contribution < 1.29 is 4.42 Å². The van der Waals surface area contributed by atoms with E-state index in [-0.39, 0.29) is 0 Å². The molecule has 0 saturated carbocycles. The van der Waals surface area contributed by atoms with E-state index in [0.717, 1.165) is 44.7 Å². The van der Waals surface area contributed by atoms with Crippen LogP contribution in [0.15, 0.2) is 223 Å². The van der Waals surface area contributed by atoms with E-state index in [2.05, 4.69) is 228 Å². The minimum atomic E-state index is -0.496. The Kier molecular flexibility index (Phi) is 7.14. The van der Waals surface area contributed by atoms with Gasteiger partial charge in [-0.3, -0.25) is 0 Å². The normalized spacial score (nSPS) is 13.0. The second kappa shape index (κ2) is 12.7. The van der Waals surface area contributed by atoms with Gasteiger partial charge in [0.2, 0.25) is 0 Å². The zero-order valence-corrected chi connectivity index (χ0v) is 31.6. The molecule has 0 bridgehead atoms. The lowest BCUT2D eigenvalue weighted by molar-refractivity contribution is 0.669. The van der Waals surface area contributed by atoms with E-state index >= 15 is 0 Å². The second-order valence-electron chi connectivity index (χ2n) is 15.2. The number of hydrogen-bond acceptors (Lipinski definition) is 2. The average Bonchev–Trinajstić information content (AvgIpc) is 3.94. The van der Waals surface area contributed by atoms with Gasteiger partial charge in [0, 0.05) is 50.2 Å². The Balaban J connectivity index is 1.07. The minimum Gasteiger partial charge on any atom is -0.456 e. The van der Waals surface area contributed by atoms with Gasteiger partial charge in [0.1, 0.15) is 11.2 Å². The van der Waals surface area contributed by atoms with Gasteiger partial charge in [0.15, 0.2) is 0 Å². The van der Waals surface area contributed by atoms with Gasteiger partial charge < -0.3 is 13.9 Å². The Morgan fingerprint density at radius 1 is 0.397 bits per heavy atom. The van der Waals surface area contributed by atoms with Crippen LogP contribution in [0.5, 0.6) is 0 Å². The molecule has 0 amide bonds. The van der Waals surface area contributed by atoms with Crippen LogP contribution in [0, 0.1) is 0 Å². The Morgan fingerprint density at radius 2 is 1.00 bits per heavy atom. The number of hydrogen-bond donors (Lipinski definition) is 0. The molecule has 11 aromatic rings. The van der Waals surface area contributed by atoms with Crippen LogP contribution in [0.2, 0.25) is 0 Å². The number of para-hydroxylation sites is 3. The lowest BCUT2D eigenvalue weighted by atomic mass is 9.68. The number of fused-ring (bicyclic) bond motifs is 9. The van der Waals surface area contributed by atoms with Gasteiger partial charge in [-0.15, -0.1) is 0 Å². The van der Waals surface area contributed by atoms with Crippen LogP contribution in [-0.2, 0) is 5.41 Å². The molecule has 0 spiro atoms. The van der Waals surface area contributed by atoms with E-state index in [0.29, 0.717) is 0 Å². The molecule has 2 heterocycles. The highest BCUT2D eigenvalue weighted by atomic mass is 16.3. The summed E-state index contributed by atoms with van der Waals surface area (Å²) in [6, 6.07) is 79.1. The summed E-state index contributed by atoms with van der Waals surface area (Å²) in [6.07, 6.45) is 0. The Labute approximate surface area is 336 Å². The van der Waals surface area contributed by atoms with Gasteiger partial charge in [0.25, 0.3) is 0 Å². The van der Waals surface area contributed by atoms with Crippen molar-refractivity contribution in [3.8, 4) is 16.8 Å². The smallest absolute Gasteiger partial charge is 0.137 e. The van der Waals surface area contributed by atoms with Crippen LogP contribution < -0.4 is 4.90 Å². The first-order valence-electron chi connectivity index (χ1n) is 19.9. The molecule has 9 aromatic carbocycles. The van der Waals surface area contributed by atoms with Gasteiger partial charge in [-0.2, -0.15) is 0 Å². The summed E-state index contributed by atoms with van der Waals surface area (Å²) in [5.74, 6) is 0. The molecule has 272 valence electrons. The summed E-state index contributed by atoms with van der Waals surface area (Å²) in [7, 11) is 0. The van der Waals surface area contributed by atoms with E-state index in [1.54, 1.807) is 0 Å². The van der Waals surface area contributed by atoms with Crippen molar-refractivity contribution in [3.05, 3.63) is 241 Å². The fourth-order valence-corrected chi connectivity index (χ4v) is 9.90. The van der Waals surface area contributed by atoms with Gasteiger partial charge >= 0.3 is 0 Å². The number of anilines is 3. The van der Waals surface area contributed by atoms with Crippen molar-refractivity contribution in [1.29, 1.82) is 0 Å². The Hall–Kier alpha value is -7.62. The third-order valence-electron chi connectivity index (χ3n) is 12.3. The van der Waals surface area contributed by atoms with Crippen LogP contribution in [-0.4, -0.2) is 4.57 Å². The van der Waals surface area contributed by atoms with E-state index < -0.39 is 5.41 Å². The van der Waals surface area contributed by atoms with Crippen LogP contribution in [0.25, 0.3) is 60.6 Å². The first kappa shape index (κ1) is 32.6. The van der Waals surface area contributed by atoms with Crippen molar-refractivity contribution >= 4 is 60.8 Å². The molecule has 12 rings (SSSR count). The average molecular weight is 741 g/mol. The summed E-state index contributed by atoms with van der Waals surface area (Å²) >= 11 is 0. The number of nitrogens with zero attached hydrogens (tertiary/aromatic N) is 2. The predicted octanol–water partition coefficient (Wildman–Crippen LogP) is 14.5. The van der Waals surface area contributed by atoms with Crippen LogP contribution >= 0.6 is 0 Å². The predicted molar refractivity (Wildman–Crippen MR) is 240 cm³/mol. The zero-order valence-electron chi connectivity index (χ0n) is 31.6. The minimum absolute atomic E-state index is 0.496. The molecule has 3 heteroatoms. The molecule has 0 aliphatic heterocycles. The standard InChI is InChI=1S/C55H36N2O/c1-4-17-37(18-5-1)55(38-19-6-2-7-20-38)47-26-13-10-25-45(47)54-48(55)27-16-30-51(54)56(39-21-8-3-9-22-39)41-31-33-44-46-35-40(32-34-52(46)58-53(44)36-41)57-49-28-14-11-23-42(49)43-24-12-15-29-50(43)57/h1-36H. The maximum Gasteiger partial charge on any atom is 0.137 e. The summed E-state index contributed by atoms with van der Waals surface area (Å²) < 4.78 is 9.09. The maximum absolute atomic E-state index is 6.72. The van der Waals surface area contributed by atoms with E-state index in [1.165, 1.54) is 55.2 Å². The first-order valence-corrected chi connectivity index (χ1v) is 19.9. The van der Waals surface area contributed by atoms with Gasteiger partial charge in [-0.25, -0.2) is 0 Å². The van der Waals surface area contributed by atoms with Crippen molar-refractivity contribution in [2.45, 2.75) is 5.41 Å². The lowest BCUT2D eigenvalue weighted by Crippen LogP contribution is -2.28. The molecule has 0 unspecified atom stereocenters. The number of benzene rings is 9. The highest BCUT2D eigenvalue weighted by molar-refractivity contribution is 6.11. The monoisotopic (exact) mass is 740 g/mol. The van der Waals surface area contributed by atoms with Crippen molar-refractivity contribution in [3.63, 3.8) is 0 Å². The van der Waals surface area contributed by atoms with E-state index in [9.17, 15) is 0 Å². The molecule has 0 saturated heterocycles. The molecule has 1 aliphatic carbocycles. The molecular weight excluding hydrogens is 705 g/mol. The largest absolute Gasteiger partial charge is 0.456 e. The third kappa shape index (κ3) is 4.62. The topological polar surface area (TPSA) is 21.3 Å². The molecular formula is C55H36N2O. The van der Waals surface area contributed by atoms with Crippen LogP contribution in [0.4, 0.5) is 17.1 Å². The molecule has 58 heavy (non-hydrogen) atoms. The van der Waals surface area contributed by atoms with Crippen molar-refractivity contribution in [1.82, 2.24) is 4.57 Å². The molecule has 0 N–H and O–H groups in total. The zero-order chi connectivity index (χ0) is 38.2. The SMILES string of the molecule is c1ccc(N(c2ccc3c(c2)oc2ccc(-n4c5ccccc5c5ccccc54)cc23)c2cccc3c2-c2ccccc2C3(c2ccccc2)c2ccccc2)cc1. The van der Waals surface area contributed by atoms with E-state index in [1.807, 2.05) is 0 Å². The molecule has 1 aliphatic rings. The molecule has 0 atom stereocenters. The summed E-state index contributed by atoms with van der Waals surface area (Å²) in [5.41, 5.74) is 15.5. The summed E-state index contributed by atoms with van der Waals surface area (Å²) in [5, 5.41) is 4.68. The van der Waals surface area contributed by atoms with Crippen LogP contribution in [0.1, 0.15) is 22.3 Å². The second-order valence-corrected chi connectivity index (χ2v) is 15.2. The first-order chi connectivity index (χ1) is 28.8. The molecule has 3 nitrogen and oxygen atoms in total. The van der Waals surface area contributed by atoms with Crippen molar-refractivity contribution in [2.75, 3.05) is 4.90 Å². The fourth-order valence-electron chi connectivity index (χ4n) is 9.90. The van der Waals surface area contributed by atoms with Crippen LogP contribution in [0.3, 0.4) is 0 Å². The van der Waals surface area contributed by atoms with Gasteiger partial charge in [-0.1, -0.05) is 152 Å². The summed E-state index contributed by atoms with van der Waals surface area (Å²) in [6.45, 7) is 0. The number of rotatable bonds is 6. The quantitative estimate of drug-likeness (QED) is 0.169. The Morgan fingerprint density at radius 3 is 1.71 bits per heavy atom. The Bertz CT molecular complexity index is 3250. The van der Waals surface area contributed by atoms with Gasteiger partial charge in [-0.05, 0) is 88.5 Å². The van der Waals surface area contributed by atoms with Crippen molar-refractivity contribution in [2.24, 2.45) is 0 Å². The molecule has 0 radical (unpaired) electrons. The summed E-state index contributed by atoms with van der Waals surface area (Å²) in [4.78, 5) is 2.40. The number of aromatic nitrogens is 1. The maximum atomic E-state index is 6.72. The highest BCUT2D eigenvalue weighted by Crippen LogP contribution is 2.59. The fraction of sp³-hybridized carbons (Fsp3) is 0.0182.